The van der Waals surface area contributed by atoms with E-state index in [1.807, 2.05) is 0 Å². The van der Waals surface area contributed by atoms with Crippen LogP contribution in [0, 0.1) is 0 Å². The van der Waals surface area contributed by atoms with E-state index in [-0.39, 0.29) is 11.3 Å². The molecular formula is C20H18. The van der Waals surface area contributed by atoms with Crippen LogP contribution in [0.15, 0.2) is 97.6 Å². The van der Waals surface area contributed by atoms with Crippen molar-refractivity contribution in [3.8, 4) is 0 Å². The molecular weight excluding hydrogens is 240 g/mol. The average Bonchev–Trinajstić information content (AvgIpc) is 2.56. The Morgan fingerprint density at radius 3 is 2.15 bits per heavy atom. The van der Waals surface area contributed by atoms with Crippen LogP contribution in [0.5, 0.6) is 0 Å². The highest BCUT2D eigenvalue weighted by Gasteiger charge is 2.35. The highest BCUT2D eigenvalue weighted by atomic mass is 14.4. The lowest BCUT2D eigenvalue weighted by Crippen LogP contribution is -2.29. The first kappa shape index (κ1) is 12.7. The molecule has 1 aliphatic rings. The van der Waals surface area contributed by atoms with Gasteiger partial charge in [-0.15, -0.1) is 6.58 Å². The van der Waals surface area contributed by atoms with E-state index in [0.717, 1.165) is 0 Å². The zero-order valence-corrected chi connectivity index (χ0v) is 11.4. The summed E-state index contributed by atoms with van der Waals surface area (Å²) in [5, 5.41) is 0. The normalized spacial score (nSPS) is 24.5. The maximum atomic E-state index is 4.12. The van der Waals surface area contributed by atoms with Crippen molar-refractivity contribution in [2.24, 2.45) is 0 Å². The van der Waals surface area contributed by atoms with Crippen LogP contribution in [-0.4, -0.2) is 0 Å². The summed E-state index contributed by atoms with van der Waals surface area (Å²) in [5.41, 5.74) is 2.43. The Morgan fingerprint density at radius 1 is 0.850 bits per heavy atom. The van der Waals surface area contributed by atoms with Gasteiger partial charge in [-0.05, 0) is 11.1 Å². The first-order chi connectivity index (χ1) is 9.87. The lowest BCUT2D eigenvalue weighted by Gasteiger charge is -2.37. The number of rotatable bonds is 3. The van der Waals surface area contributed by atoms with E-state index in [9.17, 15) is 0 Å². The molecule has 0 aliphatic heterocycles. The molecule has 2 aromatic rings. The Labute approximate surface area is 120 Å². The van der Waals surface area contributed by atoms with Crippen molar-refractivity contribution in [2.75, 3.05) is 0 Å². The Kier molecular flexibility index (Phi) is 3.39. The molecule has 0 heteroatoms. The van der Waals surface area contributed by atoms with E-state index in [4.69, 9.17) is 0 Å². The van der Waals surface area contributed by atoms with Crippen molar-refractivity contribution in [3.63, 3.8) is 0 Å². The van der Waals surface area contributed by atoms with E-state index in [2.05, 4.69) is 97.6 Å². The second-order valence-corrected chi connectivity index (χ2v) is 5.14. The topological polar surface area (TPSA) is 0 Å². The number of benzene rings is 2. The summed E-state index contributed by atoms with van der Waals surface area (Å²) in [6, 6.07) is 21.2. The zero-order chi connectivity index (χ0) is 13.8. The molecule has 3 rings (SSSR count). The summed E-state index contributed by atoms with van der Waals surface area (Å²) < 4.78 is 0. The van der Waals surface area contributed by atoms with Crippen molar-refractivity contribution in [1.29, 1.82) is 0 Å². The van der Waals surface area contributed by atoms with Gasteiger partial charge in [0.1, 0.15) is 0 Å². The molecule has 0 N–H and O–H groups in total. The predicted octanol–water partition coefficient (Wildman–Crippen LogP) is 5.02. The van der Waals surface area contributed by atoms with Crippen molar-refractivity contribution >= 4 is 0 Å². The fourth-order valence-electron chi connectivity index (χ4n) is 3.02. The highest BCUT2D eigenvalue weighted by Crippen LogP contribution is 2.44. The van der Waals surface area contributed by atoms with Gasteiger partial charge in [-0.3, -0.25) is 0 Å². The van der Waals surface area contributed by atoms with Crippen molar-refractivity contribution in [2.45, 2.75) is 11.3 Å². The van der Waals surface area contributed by atoms with Gasteiger partial charge in [-0.25, -0.2) is 0 Å². The van der Waals surface area contributed by atoms with Gasteiger partial charge in [0.15, 0.2) is 0 Å². The van der Waals surface area contributed by atoms with Crippen molar-refractivity contribution in [1.82, 2.24) is 0 Å². The van der Waals surface area contributed by atoms with Crippen molar-refractivity contribution in [3.05, 3.63) is 109 Å². The first-order valence-electron chi connectivity index (χ1n) is 6.97. The largest absolute Gasteiger partial charge is 0.102 e. The molecule has 0 saturated carbocycles. The van der Waals surface area contributed by atoms with E-state index >= 15 is 0 Å². The molecule has 20 heavy (non-hydrogen) atoms. The highest BCUT2D eigenvalue weighted by molar-refractivity contribution is 5.48. The minimum absolute atomic E-state index is 0.169. The minimum Gasteiger partial charge on any atom is -0.102 e. The van der Waals surface area contributed by atoms with Crippen molar-refractivity contribution < 1.29 is 0 Å². The summed E-state index contributed by atoms with van der Waals surface area (Å²) in [5.74, 6) is 0.286. The minimum atomic E-state index is -0.169. The maximum absolute atomic E-state index is 4.12. The van der Waals surface area contributed by atoms with Crippen LogP contribution in [0.3, 0.4) is 0 Å². The van der Waals surface area contributed by atoms with Gasteiger partial charge in [0.25, 0.3) is 0 Å². The van der Waals surface area contributed by atoms with Gasteiger partial charge in [-0.1, -0.05) is 91.0 Å². The molecule has 1 aliphatic carbocycles. The van der Waals surface area contributed by atoms with Crippen LogP contribution in [0.1, 0.15) is 17.0 Å². The van der Waals surface area contributed by atoms with Crippen LogP contribution >= 0.6 is 0 Å². The lowest BCUT2D eigenvalue weighted by atomic mass is 9.66. The molecule has 2 atom stereocenters. The average molecular weight is 258 g/mol. The standard InChI is InChI=1S/C20H18/c1-2-20(18-13-7-4-8-14-18)16-10-9-15-19(20)17-11-5-3-6-12-17/h2-16,19H,1H2. The van der Waals surface area contributed by atoms with Gasteiger partial charge >= 0.3 is 0 Å². The molecule has 0 fully saturated rings. The van der Waals surface area contributed by atoms with Gasteiger partial charge in [-0.2, -0.15) is 0 Å². The van der Waals surface area contributed by atoms with Gasteiger partial charge in [0.2, 0.25) is 0 Å². The lowest BCUT2D eigenvalue weighted by molar-refractivity contribution is 0.588. The molecule has 0 saturated heterocycles. The van der Waals surface area contributed by atoms with E-state index in [1.165, 1.54) is 11.1 Å². The second-order valence-electron chi connectivity index (χ2n) is 5.14. The molecule has 0 nitrogen and oxygen atoms in total. The molecule has 98 valence electrons. The Bertz CT molecular complexity index is 634. The third-order valence-corrected chi connectivity index (χ3v) is 4.07. The molecule has 2 aromatic carbocycles. The molecule has 0 amide bonds. The Hall–Kier alpha value is -2.34. The fraction of sp³-hybridized carbons (Fsp3) is 0.100. The summed E-state index contributed by atoms with van der Waals surface area (Å²) in [6.45, 7) is 4.12. The number of allylic oxidation sites excluding steroid dienone is 5. The smallest absolute Gasteiger partial charge is 0.0416 e. The monoisotopic (exact) mass is 258 g/mol. The second kappa shape index (κ2) is 5.34. The van der Waals surface area contributed by atoms with E-state index < -0.39 is 0 Å². The van der Waals surface area contributed by atoms with E-state index in [1.54, 1.807) is 0 Å². The fourth-order valence-corrected chi connectivity index (χ4v) is 3.02. The van der Waals surface area contributed by atoms with Gasteiger partial charge in [0.05, 0.1) is 0 Å². The molecule has 0 heterocycles. The first-order valence-corrected chi connectivity index (χ1v) is 6.97. The third kappa shape index (κ3) is 2.04. The maximum Gasteiger partial charge on any atom is 0.0416 e. The summed E-state index contributed by atoms with van der Waals surface area (Å²) in [7, 11) is 0. The quantitative estimate of drug-likeness (QED) is 0.678. The van der Waals surface area contributed by atoms with Gasteiger partial charge in [0, 0.05) is 11.3 Å². The third-order valence-electron chi connectivity index (χ3n) is 4.07. The SMILES string of the molecule is C=CC1(c2ccccc2)C=CC=CC1c1ccccc1. The Morgan fingerprint density at radius 2 is 1.50 bits per heavy atom. The number of hydrogen-bond donors (Lipinski definition) is 0. The van der Waals surface area contributed by atoms with E-state index in [0.29, 0.717) is 0 Å². The summed E-state index contributed by atoms with van der Waals surface area (Å²) in [6.07, 6.45) is 10.8. The zero-order valence-electron chi connectivity index (χ0n) is 11.4. The van der Waals surface area contributed by atoms with Crippen LogP contribution in [-0.2, 0) is 5.41 Å². The molecule has 0 bridgehead atoms. The number of hydrogen-bond acceptors (Lipinski definition) is 0. The molecule has 0 radical (unpaired) electrons. The molecule has 0 spiro atoms. The van der Waals surface area contributed by atoms with Crippen LogP contribution in [0.2, 0.25) is 0 Å². The van der Waals surface area contributed by atoms with Crippen LogP contribution < -0.4 is 0 Å². The van der Waals surface area contributed by atoms with Gasteiger partial charge < -0.3 is 0 Å². The summed E-state index contributed by atoms with van der Waals surface area (Å²) in [4.78, 5) is 0. The van der Waals surface area contributed by atoms with Crippen LogP contribution in [0.25, 0.3) is 0 Å². The predicted molar refractivity (Wildman–Crippen MR) is 85.8 cm³/mol. The molecule has 2 unspecified atom stereocenters. The molecule has 0 aromatic heterocycles. The Balaban J connectivity index is 2.15. The summed E-state index contributed by atoms with van der Waals surface area (Å²) >= 11 is 0. The van der Waals surface area contributed by atoms with Crippen LogP contribution in [0.4, 0.5) is 0 Å².